The summed E-state index contributed by atoms with van der Waals surface area (Å²) in [4.78, 5) is 17.2. The molecule has 0 aliphatic rings. The van der Waals surface area contributed by atoms with Crippen LogP contribution < -0.4 is 5.48 Å². The second kappa shape index (κ2) is 7.20. The minimum absolute atomic E-state index is 0.0557. The number of hydrogen-bond donors (Lipinski definition) is 1. The van der Waals surface area contributed by atoms with Gasteiger partial charge in [-0.3, -0.25) is 4.79 Å². The Morgan fingerprint density at radius 2 is 1.95 bits per heavy atom. The summed E-state index contributed by atoms with van der Waals surface area (Å²) in [5.41, 5.74) is 4.46. The van der Waals surface area contributed by atoms with Gasteiger partial charge in [-0.2, -0.15) is 5.48 Å². The predicted octanol–water partition coefficient (Wildman–Crippen LogP) is 3.81. The second-order valence-corrected chi connectivity index (χ2v) is 4.86. The summed E-state index contributed by atoms with van der Waals surface area (Å²) in [6, 6.07) is 16.4. The third-order valence-corrected chi connectivity index (χ3v) is 3.23. The van der Waals surface area contributed by atoms with Crippen molar-refractivity contribution in [3.63, 3.8) is 0 Å². The first-order valence-electron chi connectivity index (χ1n) is 6.33. The third-order valence-electron chi connectivity index (χ3n) is 3.00. The van der Waals surface area contributed by atoms with Crippen LogP contribution in [0.15, 0.2) is 54.6 Å². The molecule has 4 heteroatoms. The molecule has 3 nitrogen and oxygen atoms in total. The van der Waals surface area contributed by atoms with E-state index in [1.54, 1.807) is 6.07 Å². The Kier molecular flexibility index (Phi) is 5.30. The Labute approximate surface area is 123 Å². The van der Waals surface area contributed by atoms with E-state index in [1.807, 2.05) is 48.5 Å². The van der Waals surface area contributed by atoms with Crippen molar-refractivity contribution in [2.45, 2.75) is 12.5 Å². The van der Waals surface area contributed by atoms with Crippen LogP contribution in [0.3, 0.4) is 0 Å². The molecule has 0 aromatic heterocycles. The molecule has 0 saturated carbocycles. The molecule has 1 N–H and O–H groups in total. The number of carbonyl (C=O) groups excluding carboxylic acids is 1. The first-order valence-corrected chi connectivity index (χ1v) is 6.70. The summed E-state index contributed by atoms with van der Waals surface area (Å²) in [7, 11) is 1.53. The maximum Gasteiger partial charge on any atom is 0.164 e. The fourth-order valence-corrected chi connectivity index (χ4v) is 2.22. The van der Waals surface area contributed by atoms with Crippen LogP contribution in [0.2, 0.25) is 5.02 Å². The maximum atomic E-state index is 12.3. The average molecular weight is 290 g/mol. The molecule has 0 amide bonds. The van der Waals surface area contributed by atoms with Crippen LogP contribution in [-0.4, -0.2) is 12.9 Å². The van der Waals surface area contributed by atoms with E-state index in [1.165, 1.54) is 7.11 Å². The van der Waals surface area contributed by atoms with Gasteiger partial charge < -0.3 is 4.84 Å². The van der Waals surface area contributed by atoms with E-state index in [2.05, 4.69) is 5.48 Å². The molecule has 0 bridgehead atoms. The maximum absolute atomic E-state index is 12.3. The highest BCUT2D eigenvalue weighted by Crippen LogP contribution is 2.22. The van der Waals surface area contributed by atoms with Gasteiger partial charge in [-0.25, -0.2) is 0 Å². The molecule has 0 saturated heterocycles. The van der Waals surface area contributed by atoms with Crippen molar-refractivity contribution in [2.24, 2.45) is 0 Å². The van der Waals surface area contributed by atoms with Gasteiger partial charge in [-0.05, 0) is 17.7 Å². The van der Waals surface area contributed by atoms with Crippen LogP contribution in [0.1, 0.15) is 28.4 Å². The van der Waals surface area contributed by atoms with Gasteiger partial charge in [0.2, 0.25) is 0 Å². The SMILES string of the molecule is CON[C@@H](CC(=O)c1ccccc1)c1cccc(Cl)c1. The molecular weight excluding hydrogens is 274 g/mol. The molecule has 0 unspecified atom stereocenters. The number of carbonyl (C=O) groups is 1. The molecule has 2 aromatic carbocycles. The molecule has 0 aliphatic carbocycles. The summed E-state index contributed by atoms with van der Waals surface area (Å²) in [5, 5.41) is 0.637. The third kappa shape index (κ3) is 3.90. The quantitative estimate of drug-likeness (QED) is 0.649. The predicted molar refractivity (Wildman–Crippen MR) is 79.7 cm³/mol. The van der Waals surface area contributed by atoms with Gasteiger partial charge in [0.25, 0.3) is 0 Å². The fraction of sp³-hybridized carbons (Fsp3) is 0.188. The van der Waals surface area contributed by atoms with E-state index < -0.39 is 0 Å². The molecule has 0 spiro atoms. The molecule has 0 fully saturated rings. The topological polar surface area (TPSA) is 38.3 Å². The van der Waals surface area contributed by atoms with Crippen molar-refractivity contribution in [3.05, 3.63) is 70.7 Å². The zero-order valence-electron chi connectivity index (χ0n) is 11.2. The van der Waals surface area contributed by atoms with Crippen LogP contribution in [0.25, 0.3) is 0 Å². The molecule has 0 heterocycles. The molecular formula is C16H16ClNO2. The lowest BCUT2D eigenvalue weighted by Gasteiger charge is -2.17. The van der Waals surface area contributed by atoms with Crippen LogP contribution in [0.4, 0.5) is 0 Å². The normalized spacial score (nSPS) is 12.1. The van der Waals surface area contributed by atoms with Crippen molar-refractivity contribution >= 4 is 17.4 Å². The monoisotopic (exact) mass is 289 g/mol. The summed E-state index contributed by atoms with van der Waals surface area (Å²) < 4.78 is 0. The average Bonchev–Trinajstić information content (AvgIpc) is 2.47. The number of Topliss-reactive ketones (excluding diaryl/α,β-unsaturated/α-hetero) is 1. The van der Waals surface area contributed by atoms with E-state index in [0.29, 0.717) is 17.0 Å². The molecule has 2 aromatic rings. The van der Waals surface area contributed by atoms with Crippen molar-refractivity contribution < 1.29 is 9.63 Å². The highest BCUT2D eigenvalue weighted by atomic mass is 35.5. The summed E-state index contributed by atoms with van der Waals surface area (Å²) in [6.07, 6.45) is 0.304. The van der Waals surface area contributed by atoms with Gasteiger partial charge in [0.05, 0.1) is 13.2 Å². The Hall–Kier alpha value is -1.68. The number of ketones is 1. The highest BCUT2D eigenvalue weighted by molar-refractivity contribution is 6.30. The molecule has 0 radical (unpaired) electrons. The molecule has 20 heavy (non-hydrogen) atoms. The Morgan fingerprint density at radius 1 is 1.20 bits per heavy atom. The van der Waals surface area contributed by atoms with Gasteiger partial charge >= 0.3 is 0 Å². The van der Waals surface area contributed by atoms with Crippen LogP contribution in [0, 0.1) is 0 Å². The number of nitrogens with one attached hydrogen (secondary N) is 1. The lowest BCUT2D eigenvalue weighted by atomic mass is 9.98. The number of benzene rings is 2. The Balaban J connectivity index is 2.16. The van der Waals surface area contributed by atoms with E-state index in [9.17, 15) is 4.79 Å². The Morgan fingerprint density at radius 3 is 2.60 bits per heavy atom. The molecule has 104 valence electrons. The first kappa shape index (κ1) is 14.7. The Bertz CT molecular complexity index is 572. The fourth-order valence-electron chi connectivity index (χ4n) is 2.02. The van der Waals surface area contributed by atoms with Gasteiger partial charge in [0, 0.05) is 17.0 Å². The van der Waals surface area contributed by atoms with Crippen LogP contribution >= 0.6 is 11.6 Å². The second-order valence-electron chi connectivity index (χ2n) is 4.42. The first-order chi connectivity index (χ1) is 9.70. The van der Waals surface area contributed by atoms with Crippen molar-refractivity contribution in [1.29, 1.82) is 0 Å². The van der Waals surface area contributed by atoms with E-state index in [0.717, 1.165) is 5.56 Å². The van der Waals surface area contributed by atoms with Crippen LogP contribution in [-0.2, 0) is 4.84 Å². The van der Waals surface area contributed by atoms with Crippen molar-refractivity contribution in [2.75, 3.05) is 7.11 Å². The van der Waals surface area contributed by atoms with Gasteiger partial charge in [0.15, 0.2) is 5.78 Å². The standard InChI is InChI=1S/C16H16ClNO2/c1-20-18-15(13-8-5-9-14(17)10-13)11-16(19)12-6-3-2-4-7-12/h2-10,15,18H,11H2,1H3/t15-/m0/s1. The number of hydrogen-bond acceptors (Lipinski definition) is 3. The smallest absolute Gasteiger partial charge is 0.164 e. The number of rotatable bonds is 6. The number of hydroxylamine groups is 1. The molecule has 1 atom stereocenters. The molecule has 0 aliphatic heterocycles. The summed E-state index contributed by atoms with van der Waals surface area (Å²) >= 11 is 5.99. The summed E-state index contributed by atoms with van der Waals surface area (Å²) in [5.74, 6) is 0.0557. The van der Waals surface area contributed by atoms with E-state index in [4.69, 9.17) is 16.4 Å². The largest absolute Gasteiger partial charge is 0.305 e. The van der Waals surface area contributed by atoms with Crippen molar-refractivity contribution in [1.82, 2.24) is 5.48 Å². The minimum atomic E-state index is -0.230. The molecule has 2 rings (SSSR count). The highest BCUT2D eigenvalue weighted by Gasteiger charge is 2.17. The van der Waals surface area contributed by atoms with Crippen molar-refractivity contribution in [3.8, 4) is 0 Å². The lowest BCUT2D eigenvalue weighted by molar-refractivity contribution is 0.0545. The van der Waals surface area contributed by atoms with Gasteiger partial charge in [0.1, 0.15) is 0 Å². The lowest BCUT2D eigenvalue weighted by Crippen LogP contribution is -2.23. The number of halogens is 1. The van der Waals surface area contributed by atoms with E-state index in [-0.39, 0.29) is 11.8 Å². The zero-order valence-corrected chi connectivity index (χ0v) is 11.9. The van der Waals surface area contributed by atoms with E-state index >= 15 is 0 Å². The minimum Gasteiger partial charge on any atom is -0.305 e. The van der Waals surface area contributed by atoms with Gasteiger partial charge in [-0.15, -0.1) is 0 Å². The van der Waals surface area contributed by atoms with Crippen LogP contribution in [0.5, 0.6) is 0 Å². The summed E-state index contributed by atoms with van der Waals surface area (Å²) in [6.45, 7) is 0. The van der Waals surface area contributed by atoms with Gasteiger partial charge in [-0.1, -0.05) is 54.1 Å². The zero-order chi connectivity index (χ0) is 14.4.